The number of fused-ring (bicyclic) bond motifs is 1. The molecule has 0 saturated heterocycles. The molecule has 74 valence electrons. The van der Waals surface area contributed by atoms with E-state index < -0.39 is 0 Å². The van der Waals surface area contributed by atoms with Gasteiger partial charge in [-0.3, -0.25) is 0 Å². The fourth-order valence-electron chi connectivity index (χ4n) is 1.13. The first kappa shape index (κ1) is 11.0. The molecule has 0 spiro atoms. The molecule has 1 aromatic carbocycles. The highest BCUT2D eigenvalue weighted by atomic mass is 79.9. The van der Waals surface area contributed by atoms with Gasteiger partial charge in [0.05, 0.1) is 0 Å². The summed E-state index contributed by atoms with van der Waals surface area (Å²) in [6.45, 7) is 4.00. The highest BCUT2D eigenvalue weighted by Gasteiger charge is 1.94. The molecule has 1 aromatic heterocycles. The van der Waals surface area contributed by atoms with Crippen LogP contribution in [0.4, 0.5) is 5.82 Å². The molecule has 2 N–H and O–H groups in total. The van der Waals surface area contributed by atoms with E-state index in [1.807, 2.05) is 38.1 Å². The molecule has 0 aliphatic heterocycles. The summed E-state index contributed by atoms with van der Waals surface area (Å²) < 4.78 is 1.06. The molecule has 1 heterocycles. The van der Waals surface area contributed by atoms with Crippen LogP contribution < -0.4 is 5.73 Å². The van der Waals surface area contributed by atoms with Crippen molar-refractivity contribution in [1.29, 1.82) is 0 Å². The summed E-state index contributed by atoms with van der Waals surface area (Å²) in [6, 6.07) is 7.88. The topological polar surface area (TPSA) is 38.9 Å². The molecule has 0 aliphatic rings. The number of benzene rings is 1. The average Bonchev–Trinajstić information content (AvgIpc) is 2.21. The van der Waals surface area contributed by atoms with E-state index in [1.54, 1.807) is 6.20 Å². The summed E-state index contributed by atoms with van der Waals surface area (Å²) in [5, 5.41) is 2.21. The molecule has 3 heteroatoms. The second-order valence-electron chi connectivity index (χ2n) is 2.60. The Morgan fingerprint density at radius 1 is 1.14 bits per heavy atom. The number of rotatable bonds is 0. The van der Waals surface area contributed by atoms with E-state index in [1.165, 1.54) is 0 Å². The lowest BCUT2D eigenvalue weighted by atomic mass is 10.2. The van der Waals surface area contributed by atoms with Crippen LogP contribution in [0.25, 0.3) is 10.8 Å². The van der Waals surface area contributed by atoms with Crippen molar-refractivity contribution in [2.45, 2.75) is 13.8 Å². The first-order valence-electron chi connectivity index (χ1n) is 4.56. The van der Waals surface area contributed by atoms with Crippen molar-refractivity contribution in [3.63, 3.8) is 0 Å². The van der Waals surface area contributed by atoms with Gasteiger partial charge in [0.25, 0.3) is 0 Å². The van der Waals surface area contributed by atoms with E-state index in [0.717, 1.165) is 15.2 Å². The maximum atomic E-state index is 5.54. The van der Waals surface area contributed by atoms with E-state index in [-0.39, 0.29) is 0 Å². The largest absolute Gasteiger partial charge is 0.384 e. The minimum atomic E-state index is 0.560. The number of nitrogen functional groups attached to an aromatic ring is 1. The Bertz CT molecular complexity index is 385. The maximum absolute atomic E-state index is 5.54. The van der Waals surface area contributed by atoms with Gasteiger partial charge in [0, 0.05) is 16.1 Å². The van der Waals surface area contributed by atoms with Crippen LogP contribution >= 0.6 is 15.9 Å². The summed E-state index contributed by atoms with van der Waals surface area (Å²) >= 11 is 3.39. The number of hydrogen-bond donors (Lipinski definition) is 1. The molecule has 0 atom stereocenters. The molecule has 0 saturated carbocycles. The van der Waals surface area contributed by atoms with Crippen molar-refractivity contribution in [1.82, 2.24) is 4.98 Å². The summed E-state index contributed by atoms with van der Waals surface area (Å²) in [5.74, 6) is 0.560. The Labute approximate surface area is 92.3 Å². The fraction of sp³-hybridized carbons (Fsp3) is 0.182. The molecular weight excluding hydrogens is 240 g/mol. The first-order chi connectivity index (χ1) is 6.75. The van der Waals surface area contributed by atoms with Gasteiger partial charge in [0.15, 0.2) is 0 Å². The van der Waals surface area contributed by atoms with Gasteiger partial charge < -0.3 is 5.73 Å². The van der Waals surface area contributed by atoms with Crippen LogP contribution in [0.1, 0.15) is 13.8 Å². The summed E-state index contributed by atoms with van der Waals surface area (Å²) in [4.78, 5) is 4.01. The Morgan fingerprint density at radius 3 is 2.57 bits per heavy atom. The van der Waals surface area contributed by atoms with Crippen LogP contribution in [0.2, 0.25) is 0 Å². The van der Waals surface area contributed by atoms with Crippen molar-refractivity contribution in [2.75, 3.05) is 5.73 Å². The quantitative estimate of drug-likeness (QED) is 0.778. The van der Waals surface area contributed by atoms with E-state index in [2.05, 4.69) is 20.9 Å². The zero-order chi connectivity index (χ0) is 10.6. The third-order valence-electron chi connectivity index (χ3n) is 1.70. The molecule has 2 nitrogen and oxygen atoms in total. The third kappa shape index (κ3) is 2.45. The highest BCUT2D eigenvalue weighted by Crippen LogP contribution is 2.19. The number of anilines is 1. The van der Waals surface area contributed by atoms with Gasteiger partial charge in [-0.25, -0.2) is 4.98 Å². The van der Waals surface area contributed by atoms with Gasteiger partial charge in [-0.05, 0) is 23.6 Å². The number of nitrogens with zero attached hydrogens (tertiary/aromatic N) is 1. The lowest BCUT2D eigenvalue weighted by Crippen LogP contribution is -1.88. The lowest BCUT2D eigenvalue weighted by molar-refractivity contribution is 1.37. The Morgan fingerprint density at radius 2 is 1.86 bits per heavy atom. The SMILES string of the molecule is CC.Nc1cc2ccc(Br)cc2cn1. The molecule has 2 rings (SSSR count). The zero-order valence-electron chi connectivity index (χ0n) is 8.29. The molecule has 14 heavy (non-hydrogen) atoms. The normalized spacial score (nSPS) is 9.36. The van der Waals surface area contributed by atoms with Crippen LogP contribution in [-0.4, -0.2) is 4.98 Å². The Hall–Kier alpha value is -1.09. The molecule has 0 fully saturated rings. The van der Waals surface area contributed by atoms with Crippen LogP contribution in [0, 0.1) is 0 Å². The Balaban J connectivity index is 0.000000461. The van der Waals surface area contributed by atoms with Gasteiger partial charge in [0.2, 0.25) is 0 Å². The predicted molar refractivity (Wildman–Crippen MR) is 65.2 cm³/mol. The van der Waals surface area contributed by atoms with E-state index in [0.29, 0.717) is 5.82 Å². The molecule has 0 radical (unpaired) electrons. The third-order valence-corrected chi connectivity index (χ3v) is 2.20. The van der Waals surface area contributed by atoms with Crippen molar-refractivity contribution in [3.8, 4) is 0 Å². The number of nitrogens with two attached hydrogens (primary N) is 1. The van der Waals surface area contributed by atoms with E-state index in [4.69, 9.17) is 5.73 Å². The monoisotopic (exact) mass is 252 g/mol. The van der Waals surface area contributed by atoms with Gasteiger partial charge >= 0.3 is 0 Å². The second-order valence-corrected chi connectivity index (χ2v) is 3.52. The molecule has 0 aliphatic carbocycles. The van der Waals surface area contributed by atoms with Crippen molar-refractivity contribution >= 4 is 32.5 Å². The summed E-state index contributed by atoms with van der Waals surface area (Å²) in [6.07, 6.45) is 1.77. The first-order valence-corrected chi connectivity index (χ1v) is 5.36. The van der Waals surface area contributed by atoms with Gasteiger partial charge in [0.1, 0.15) is 5.82 Å². The minimum absolute atomic E-state index is 0.560. The molecule has 0 unspecified atom stereocenters. The van der Waals surface area contributed by atoms with Gasteiger partial charge in [-0.2, -0.15) is 0 Å². The van der Waals surface area contributed by atoms with Crippen molar-refractivity contribution < 1.29 is 0 Å². The number of aromatic nitrogens is 1. The second kappa shape index (κ2) is 4.96. The molecular formula is C11H13BrN2. The molecule has 0 bridgehead atoms. The number of hydrogen-bond acceptors (Lipinski definition) is 2. The standard InChI is InChI=1S/C9H7BrN2.C2H6/c10-8-2-1-6-4-9(11)12-5-7(6)3-8;1-2/h1-5H,(H2,11,12);1-2H3. The van der Waals surface area contributed by atoms with Crippen molar-refractivity contribution in [2.24, 2.45) is 0 Å². The average molecular weight is 253 g/mol. The van der Waals surface area contributed by atoms with Crippen LogP contribution in [0.3, 0.4) is 0 Å². The maximum Gasteiger partial charge on any atom is 0.123 e. The van der Waals surface area contributed by atoms with Crippen LogP contribution in [0.15, 0.2) is 34.9 Å². The lowest BCUT2D eigenvalue weighted by Gasteiger charge is -1.98. The zero-order valence-corrected chi connectivity index (χ0v) is 9.88. The van der Waals surface area contributed by atoms with Crippen molar-refractivity contribution in [3.05, 3.63) is 34.9 Å². The van der Waals surface area contributed by atoms with Gasteiger partial charge in [-0.15, -0.1) is 0 Å². The smallest absolute Gasteiger partial charge is 0.123 e. The molecule has 0 amide bonds. The van der Waals surface area contributed by atoms with E-state index >= 15 is 0 Å². The summed E-state index contributed by atoms with van der Waals surface area (Å²) in [7, 11) is 0. The van der Waals surface area contributed by atoms with Crippen LogP contribution in [0.5, 0.6) is 0 Å². The Kier molecular flexibility index (Phi) is 3.89. The predicted octanol–water partition coefficient (Wildman–Crippen LogP) is 3.61. The minimum Gasteiger partial charge on any atom is -0.384 e. The van der Waals surface area contributed by atoms with Crippen LogP contribution in [-0.2, 0) is 0 Å². The highest BCUT2D eigenvalue weighted by molar-refractivity contribution is 9.10. The fourth-order valence-corrected chi connectivity index (χ4v) is 1.51. The number of halogens is 1. The van der Waals surface area contributed by atoms with Gasteiger partial charge in [-0.1, -0.05) is 35.8 Å². The molecule has 2 aromatic rings. The van der Waals surface area contributed by atoms with E-state index in [9.17, 15) is 0 Å². The number of pyridine rings is 1. The summed E-state index contributed by atoms with van der Waals surface area (Å²) in [5.41, 5.74) is 5.54.